The summed E-state index contributed by atoms with van der Waals surface area (Å²) in [6.07, 6.45) is 2.29. The van der Waals surface area contributed by atoms with Gasteiger partial charge in [0.05, 0.1) is 12.0 Å². The highest BCUT2D eigenvalue weighted by atomic mass is 35.5. The van der Waals surface area contributed by atoms with Crippen LogP contribution >= 0.6 is 11.6 Å². The van der Waals surface area contributed by atoms with Crippen molar-refractivity contribution in [3.05, 3.63) is 65.1 Å². The fraction of sp³-hybridized carbons (Fsp3) is 0.278. The monoisotopic (exact) mass is 374 g/mol. The molecule has 1 amide bonds. The van der Waals surface area contributed by atoms with E-state index in [1.807, 2.05) is 24.3 Å². The number of hydrogen-bond donors (Lipinski definition) is 1. The predicted octanol–water partition coefficient (Wildman–Crippen LogP) is 3.16. The Balaban J connectivity index is 1.46. The van der Waals surface area contributed by atoms with Crippen molar-refractivity contribution >= 4 is 17.5 Å². The number of aryl methyl sites for hydroxylation is 1. The van der Waals surface area contributed by atoms with Crippen LogP contribution in [0.1, 0.15) is 28.6 Å². The van der Waals surface area contributed by atoms with Gasteiger partial charge in [-0.25, -0.2) is 9.67 Å². The molecule has 8 heteroatoms. The van der Waals surface area contributed by atoms with Gasteiger partial charge in [0, 0.05) is 18.2 Å². The number of ether oxygens (including phenoxy) is 1. The highest BCUT2D eigenvalue weighted by Gasteiger charge is 2.14. The summed E-state index contributed by atoms with van der Waals surface area (Å²) < 4.78 is 12.2. The van der Waals surface area contributed by atoms with Gasteiger partial charge >= 0.3 is 0 Å². The number of nitrogens with zero attached hydrogens (tertiary/aromatic N) is 3. The molecule has 3 rings (SSSR count). The Kier molecular flexibility index (Phi) is 6.04. The van der Waals surface area contributed by atoms with Crippen LogP contribution < -0.4 is 5.32 Å². The number of hydrogen-bond acceptors (Lipinski definition) is 5. The van der Waals surface area contributed by atoms with Gasteiger partial charge in [0.1, 0.15) is 18.2 Å². The molecule has 136 valence electrons. The predicted molar refractivity (Wildman–Crippen MR) is 96.4 cm³/mol. The number of amides is 1. The third-order valence-corrected chi connectivity index (χ3v) is 3.87. The summed E-state index contributed by atoms with van der Waals surface area (Å²) in [4.78, 5) is 16.4. The lowest BCUT2D eigenvalue weighted by Crippen LogP contribution is -2.26. The minimum atomic E-state index is -0.313. The molecule has 1 aromatic carbocycles. The average Bonchev–Trinajstić information content (AvgIpc) is 3.28. The van der Waals surface area contributed by atoms with E-state index in [1.165, 1.54) is 0 Å². The molecule has 0 aliphatic carbocycles. The number of halogens is 1. The molecule has 0 saturated carbocycles. The lowest BCUT2D eigenvalue weighted by molar-refractivity contribution is 0.0908. The molecule has 0 spiro atoms. The second-order valence-corrected chi connectivity index (χ2v) is 6.05. The largest absolute Gasteiger partial charge is 0.467 e. The zero-order valence-electron chi connectivity index (χ0n) is 14.3. The molecular weight excluding hydrogens is 356 g/mol. The van der Waals surface area contributed by atoms with Gasteiger partial charge in [-0.15, -0.1) is 5.10 Å². The summed E-state index contributed by atoms with van der Waals surface area (Å²) in [5.41, 5.74) is 0.796. The number of rotatable bonds is 8. The number of aromatic nitrogens is 3. The van der Waals surface area contributed by atoms with E-state index in [0.29, 0.717) is 37.0 Å². The standard InChI is InChI=1S/C18H19ClN4O3/c1-13-21-17(22-23(13)15-7-5-14(19)6-8-15)18(24)20-9-3-10-25-12-16-4-2-11-26-16/h2,4-8,11H,3,9-10,12H2,1H3,(H,20,24). The van der Waals surface area contributed by atoms with Crippen LogP contribution in [0.5, 0.6) is 0 Å². The Bertz CT molecular complexity index is 844. The van der Waals surface area contributed by atoms with Gasteiger partial charge in [0.2, 0.25) is 5.82 Å². The number of nitrogens with one attached hydrogen (secondary N) is 1. The maximum atomic E-state index is 12.2. The summed E-state index contributed by atoms with van der Waals surface area (Å²) >= 11 is 5.89. The molecule has 2 aromatic heterocycles. The highest BCUT2D eigenvalue weighted by Crippen LogP contribution is 2.14. The Morgan fingerprint density at radius 3 is 2.85 bits per heavy atom. The van der Waals surface area contributed by atoms with Crippen LogP contribution in [0.15, 0.2) is 47.1 Å². The molecule has 1 N–H and O–H groups in total. The topological polar surface area (TPSA) is 82.2 Å². The van der Waals surface area contributed by atoms with E-state index in [2.05, 4.69) is 15.4 Å². The molecule has 0 aliphatic heterocycles. The normalized spacial score (nSPS) is 10.8. The first-order chi connectivity index (χ1) is 12.6. The Morgan fingerprint density at radius 2 is 2.12 bits per heavy atom. The zero-order chi connectivity index (χ0) is 18.4. The maximum absolute atomic E-state index is 12.2. The summed E-state index contributed by atoms with van der Waals surface area (Å²) in [6.45, 7) is 3.21. The average molecular weight is 375 g/mol. The van der Waals surface area contributed by atoms with Crippen LogP contribution in [0.3, 0.4) is 0 Å². The van der Waals surface area contributed by atoms with Crippen molar-refractivity contribution in [2.75, 3.05) is 13.2 Å². The molecule has 0 radical (unpaired) electrons. The van der Waals surface area contributed by atoms with E-state index in [4.69, 9.17) is 20.8 Å². The van der Waals surface area contributed by atoms with Crippen molar-refractivity contribution in [1.29, 1.82) is 0 Å². The third-order valence-electron chi connectivity index (χ3n) is 3.62. The minimum Gasteiger partial charge on any atom is -0.467 e. The Hall–Kier alpha value is -2.64. The molecule has 0 unspecified atom stereocenters. The summed E-state index contributed by atoms with van der Waals surface area (Å²) in [5, 5.41) is 7.69. The SMILES string of the molecule is Cc1nc(C(=O)NCCCOCc2ccco2)nn1-c1ccc(Cl)cc1. The summed E-state index contributed by atoms with van der Waals surface area (Å²) in [5.74, 6) is 1.22. The molecule has 0 aliphatic rings. The molecule has 7 nitrogen and oxygen atoms in total. The van der Waals surface area contributed by atoms with Gasteiger partial charge in [-0.2, -0.15) is 0 Å². The van der Waals surface area contributed by atoms with Crippen molar-refractivity contribution in [3.63, 3.8) is 0 Å². The fourth-order valence-corrected chi connectivity index (χ4v) is 2.46. The van der Waals surface area contributed by atoms with Crippen LogP contribution in [-0.4, -0.2) is 33.8 Å². The molecule has 0 bridgehead atoms. The first kappa shape index (κ1) is 18.2. The van der Waals surface area contributed by atoms with Crippen LogP contribution in [0, 0.1) is 6.92 Å². The third kappa shape index (κ3) is 4.71. The summed E-state index contributed by atoms with van der Waals surface area (Å²) in [6, 6.07) is 10.8. The van der Waals surface area contributed by atoms with Crippen LogP contribution in [0.4, 0.5) is 0 Å². The van der Waals surface area contributed by atoms with Gasteiger partial charge in [0.25, 0.3) is 5.91 Å². The van der Waals surface area contributed by atoms with Crippen molar-refractivity contribution in [2.24, 2.45) is 0 Å². The van der Waals surface area contributed by atoms with Crippen molar-refractivity contribution in [2.45, 2.75) is 20.0 Å². The molecule has 3 aromatic rings. The summed E-state index contributed by atoms with van der Waals surface area (Å²) in [7, 11) is 0. The van der Waals surface area contributed by atoms with Gasteiger partial charge in [-0.05, 0) is 49.7 Å². The van der Waals surface area contributed by atoms with E-state index in [-0.39, 0.29) is 11.7 Å². The molecule has 26 heavy (non-hydrogen) atoms. The minimum absolute atomic E-state index is 0.133. The Labute approximate surface area is 155 Å². The van der Waals surface area contributed by atoms with Gasteiger partial charge in [-0.3, -0.25) is 4.79 Å². The van der Waals surface area contributed by atoms with Gasteiger partial charge < -0.3 is 14.5 Å². The molecular formula is C18H19ClN4O3. The highest BCUT2D eigenvalue weighted by molar-refractivity contribution is 6.30. The Morgan fingerprint density at radius 1 is 1.31 bits per heavy atom. The second kappa shape index (κ2) is 8.64. The molecule has 0 fully saturated rings. The quantitative estimate of drug-likeness (QED) is 0.612. The van der Waals surface area contributed by atoms with Gasteiger partial charge in [-0.1, -0.05) is 11.6 Å². The first-order valence-corrected chi connectivity index (χ1v) is 8.59. The molecule has 0 saturated heterocycles. The van der Waals surface area contributed by atoms with E-state index < -0.39 is 0 Å². The lowest BCUT2D eigenvalue weighted by Gasteiger charge is -2.04. The van der Waals surface area contributed by atoms with E-state index in [9.17, 15) is 4.79 Å². The van der Waals surface area contributed by atoms with Crippen LogP contribution in [-0.2, 0) is 11.3 Å². The maximum Gasteiger partial charge on any atom is 0.290 e. The second-order valence-electron chi connectivity index (χ2n) is 5.61. The molecule has 0 atom stereocenters. The van der Waals surface area contributed by atoms with Crippen LogP contribution in [0.2, 0.25) is 5.02 Å². The fourth-order valence-electron chi connectivity index (χ4n) is 2.34. The number of carbonyl (C=O) groups is 1. The van der Waals surface area contributed by atoms with Crippen molar-refractivity contribution in [1.82, 2.24) is 20.1 Å². The lowest BCUT2D eigenvalue weighted by atomic mass is 10.3. The van der Waals surface area contributed by atoms with Crippen LogP contribution in [0.25, 0.3) is 5.69 Å². The smallest absolute Gasteiger partial charge is 0.290 e. The van der Waals surface area contributed by atoms with E-state index in [1.54, 1.807) is 30.0 Å². The van der Waals surface area contributed by atoms with Gasteiger partial charge in [0.15, 0.2) is 0 Å². The van der Waals surface area contributed by atoms with E-state index in [0.717, 1.165) is 11.4 Å². The number of carbonyl (C=O) groups excluding carboxylic acids is 1. The van der Waals surface area contributed by atoms with Crippen molar-refractivity contribution < 1.29 is 13.9 Å². The number of furan rings is 1. The zero-order valence-corrected chi connectivity index (χ0v) is 15.1. The number of benzene rings is 1. The molecule has 2 heterocycles. The van der Waals surface area contributed by atoms with E-state index >= 15 is 0 Å². The van der Waals surface area contributed by atoms with Crippen molar-refractivity contribution in [3.8, 4) is 5.69 Å². The first-order valence-electron chi connectivity index (χ1n) is 8.21.